The molecule has 2 heterocycles. The van der Waals surface area contributed by atoms with E-state index >= 15 is 0 Å². The summed E-state index contributed by atoms with van der Waals surface area (Å²) in [6.07, 6.45) is -1.25. The van der Waals surface area contributed by atoms with Crippen molar-refractivity contribution in [1.29, 1.82) is 0 Å². The van der Waals surface area contributed by atoms with Gasteiger partial charge in [0.15, 0.2) is 0 Å². The molecule has 2 rings (SSSR count). The predicted octanol–water partition coefficient (Wildman–Crippen LogP) is -1.70. The van der Waals surface area contributed by atoms with Crippen LogP contribution >= 0.6 is 12.2 Å². The van der Waals surface area contributed by atoms with Crippen LogP contribution in [0.2, 0.25) is 0 Å². The smallest absolute Gasteiger partial charge is 0.328 e. The van der Waals surface area contributed by atoms with Crippen molar-refractivity contribution in [1.82, 2.24) is 9.55 Å². The van der Waals surface area contributed by atoms with Crippen molar-refractivity contribution in [3.63, 3.8) is 0 Å². The van der Waals surface area contributed by atoms with Crippen LogP contribution < -0.4 is 5.69 Å². The number of aromatic nitrogens is 2. The second kappa shape index (κ2) is 4.31. The lowest BCUT2D eigenvalue weighted by molar-refractivity contribution is -0.154. The number of aliphatic hydroxyl groups excluding tert-OH is 3. The molecule has 0 aliphatic carbocycles. The molecule has 0 amide bonds. The quantitative estimate of drug-likeness (QED) is 0.472. The van der Waals surface area contributed by atoms with Gasteiger partial charge in [0, 0.05) is 6.20 Å². The van der Waals surface area contributed by atoms with Crippen LogP contribution in [-0.4, -0.2) is 50.3 Å². The topological polar surface area (TPSA) is 108 Å². The van der Waals surface area contributed by atoms with E-state index < -0.39 is 30.2 Å². The van der Waals surface area contributed by atoms with Gasteiger partial charge in [0.1, 0.15) is 16.8 Å². The molecule has 1 aromatic rings. The minimum absolute atomic E-state index is 0.163. The second-order valence-electron chi connectivity index (χ2n) is 3.81. The molecule has 8 heteroatoms. The molecule has 17 heavy (non-hydrogen) atoms. The maximum absolute atomic E-state index is 11.7. The summed E-state index contributed by atoms with van der Waals surface area (Å²) in [6, 6.07) is 1.43. The van der Waals surface area contributed by atoms with Crippen molar-refractivity contribution in [2.24, 2.45) is 0 Å². The molecule has 3 atom stereocenters. The zero-order chi connectivity index (χ0) is 12.6. The summed E-state index contributed by atoms with van der Waals surface area (Å²) in [4.78, 5) is 14.0. The van der Waals surface area contributed by atoms with Gasteiger partial charge in [0.2, 0.25) is 5.72 Å². The number of nitrogens with zero attached hydrogens (tertiary/aromatic N) is 1. The highest BCUT2D eigenvalue weighted by molar-refractivity contribution is 7.71. The molecule has 0 spiro atoms. The first-order valence-electron chi connectivity index (χ1n) is 4.94. The van der Waals surface area contributed by atoms with Gasteiger partial charge in [-0.3, -0.25) is 9.55 Å². The third kappa shape index (κ3) is 1.83. The number of aromatic amines is 1. The number of hydrogen-bond donors (Lipinski definition) is 4. The largest absolute Gasteiger partial charge is 0.391 e. The molecule has 0 unspecified atom stereocenters. The first-order valence-corrected chi connectivity index (χ1v) is 5.35. The van der Waals surface area contributed by atoms with Gasteiger partial charge in [0.25, 0.3) is 0 Å². The summed E-state index contributed by atoms with van der Waals surface area (Å²) in [6.45, 7) is -0.806. The monoisotopic (exact) mass is 260 g/mol. The standard InChI is InChI=1S/C9H12N2O5S/c12-4-9(7(14)5(13)3-16-9)11-2-1-6(17)10-8(11)15/h1-2,5,7,12-14H,3-4H2,(H,10,15,17)/t5-,7-,9-/m0/s1. The summed E-state index contributed by atoms with van der Waals surface area (Å²) in [5.41, 5.74) is -2.30. The van der Waals surface area contributed by atoms with E-state index in [9.17, 15) is 20.1 Å². The third-order valence-electron chi connectivity index (χ3n) is 2.79. The van der Waals surface area contributed by atoms with Crippen LogP contribution in [0.3, 0.4) is 0 Å². The van der Waals surface area contributed by atoms with Crippen LogP contribution in [0.1, 0.15) is 0 Å². The highest BCUT2D eigenvalue weighted by atomic mass is 32.1. The normalized spacial score (nSPS) is 32.9. The lowest BCUT2D eigenvalue weighted by Crippen LogP contribution is -2.53. The Morgan fingerprint density at radius 3 is 2.82 bits per heavy atom. The van der Waals surface area contributed by atoms with E-state index in [2.05, 4.69) is 4.98 Å². The van der Waals surface area contributed by atoms with Crippen molar-refractivity contribution < 1.29 is 20.1 Å². The average Bonchev–Trinajstić information content (AvgIpc) is 2.58. The Bertz CT molecular complexity index is 527. The minimum atomic E-state index is -1.67. The van der Waals surface area contributed by atoms with Crippen LogP contribution in [0.25, 0.3) is 0 Å². The first-order chi connectivity index (χ1) is 8.01. The zero-order valence-electron chi connectivity index (χ0n) is 8.74. The minimum Gasteiger partial charge on any atom is -0.391 e. The average molecular weight is 260 g/mol. The molecule has 1 fully saturated rings. The van der Waals surface area contributed by atoms with Gasteiger partial charge in [-0.2, -0.15) is 0 Å². The number of rotatable bonds is 2. The van der Waals surface area contributed by atoms with Crippen LogP contribution in [0.5, 0.6) is 0 Å². The highest BCUT2D eigenvalue weighted by Gasteiger charge is 2.50. The molecule has 1 aliphatic heterocycles. The maximum Gasteiger partial charge on any atom is 0.328 e. The Morgan fingerprint density at radius 1 is 1.65 bits per heavy atom. The van der Waals surface area contributed by atoms with E-state index in [-0.39, 0.29) is 11.2 Å². The van der Waals surface area contributed by atoms with Gasteiger partial charge in [-0.05, 0) is 6.07 Å². The molecule has 94 valence electrons. The molecule has 1 saturated heterocycles. The third-order valence-corrected chi connectivity index (χ3v) is 3.03. The Balaban J connectivity index is 2.56. The van der Waals surface area contributed by atoms with Crippen molar-refractivity contribution in [3.8, 4) is 0 Å². The number of hydrogen-bond acceptors (Lipinski definition) is 6. The van der Waals surface area contributed by atoms with E-state index in [0.717, 1.165) is 4.57 Å². The number of H-pyrrole nitrogens is 1. The summed E-state index contributed by atoms with van der Waals surface area (Å²) >= 11 is 4.77. The number of aliphatic hydroxyl groups is 3. The van der Waals surface area contributed by atoms with E-state index in [0.29, 0.717) is 0 Å². The molecule has 4 N–H and O–H groups in total. The van der Waals surface area contributed by atoms with Crippen LogP contribution in [-0.2, 0) is 10.5 Å². The first kappa shape index (κ1) is 12.4. The molecule has 0 bridgehead atoms. The summed E-state index contributed by atoms with van der Waals surface area (Å²) < 4.78 is 6.40. The summed E-state index contributed by atoms with van der Waals surface area (Å²) in [5.74, 6) is 0. The lowest BCUT2D eigenvalue weighted by atomic mass is 10.1. The Labute approximate surface area is 101 Å². The van der Waals surface area contributed by atoms with Gasteiger partial charge in [0.05, 0.1) is 13.2 Å². The van der Waals surface area contributed by atoms with Crippen LogP contribution in [0, 0.1) is 4.64 Å². The van der Waals surface area contributed by atoms with E-state index in [1.165, 1.54) is 12.3 Å². The maximum atomic E-state index is 11.7. The fourth-order valence-corrected chi connectivity index (χ4v) is 2.00. The lowest BCUT2D eigenvalue weighted by Gasteiger charge is -2.31. The Kier molecular flexibility index (Phi) is 3.15. The Morgan fingerprint density at radius 2 is 2.35 bits per heavy atom. The predicted molar refractivity (Wildman–Crippen MR) is 58.9 cm³/mol. The summed E-state index contributed by atoms with van der Waals surface area (Å²) in [7, 11) is 0. The highest BCUT2D eigenvalue weighted by Crippen LogP contribution is 2.29. The molecular weight excluding hydrogens is 248 g/mol. The molecule has 0 saturated carbocycles. The van der Waals surface area contributed by atoms with Gasteiger partial charge < -0.3 is 20.1 Å². The van der Waals surface area contributed by atoms with Crippen LogP contribution in [0.15, 0.2) is 17.1 Å². The fraction of sp³-hybridized carbons (Fsp3) is 0.556. The molecule has 0 aromatic carbocycles. The molecular formula is C9H12N2O5S. The van der Waals surface area contributed by atoms with Gasteiger partial charge >= 0.3 is 5.69 Å². The SMILES string of the molecule is O=c1[nH]c(=S)ccn1[C@@]1(CO)OC[C@H](O)[C@@H]1O. The molecule has 7 nitrogen and oxygen atoms in total. The molecule has 1 aliphatic rings. The second-order valence-corrected chi connectivity index (χ2v) is 4.25. The van der Waals surface area contributed by atoms with Crippen LogP contribution in [0.4, 0.5) is 0 Å². The Hall–Kier alpha value is -1.06. The van der Waals surface area contributed by atoms with Crippen molar-refractivity contribution >= 4 is 12.2 Å². The number of ether oxygens (including phenoxy) is 1. The fourth-order valence-electron chi connectivity index (χ4n) is 1.85. The van der Waals surface area contributed by atoms with Crippen molar-refractivity contribution in [2.75, 3.05) is 13.2 Å². The van der Waals surface area contributed by atoms with Gasteiger partial charge in [-0.1, -0.05) is 12.2 Å². The van der Waals surface area contributed by atoms with E-state index in [1.54, 1.807) is 0 Å². The van der Waals surface area contributed by atoms with Gasteiger partial charge in [-0.25, -0.2) is 4.79 Å². The number of nitrogens with one attached hydrogen (secondary N) is 1. The zero-order valence-corrected chi connectivity index (χ0v) is 9.55. The molecule has 1 aromatic heterocycles. The van der Waals surface area contributed by atoms with E-state index in [4.69, 9.17) is 17.0 Å². The van der Waals surface area contributed by atoms with Crippen molar-refractivity contribution in [2.45, 2.75) is 17.9 Å². The van der Waals surface area contributed by atoms with Gasteiger partial charge in [-0.15, -0.1) is 0 Å². The van der Waals surface area contributed by atoms with E-state index in [1.807, 2.05) is 0 Å². The summed E-state index contributed by atoms with van der Waals surface area (Å²) in [5, 5.41) is 28.6. The molecule has 0 radical (unpaired) electrons. The van der Waals surface area contributed by atoms with Crippen molar-refractivity contribution in [3.05, 3.63) is 27.4 Å².